The predicted octanol–water partition coefficient (Wildman–Crippen LogP) is 4.50. The van der Waals surface area contributed by atoms with Crippen LogP contribution >= 0.6 is 0 Å². The maximum atomic E-state index is 13.3. The summed E-state index contributed by atoms with van der Waals surface area (Å²) in [6.07, 6.45) is 6.44. The molecule has 1 fully saturated rings. The highest BCUT2D eigenvalue weighted by atomic mass is 16.5. The molecule has 1 aliphatic carbocycles. The fourth-order valence-corrected chi connectivity index (χ4v) is 4.36. The molecule has 1 atom stereocenters. The number of amides is 2. The molecule has 0 saturated heterocycles. The van der Waals surface area contributed by atoms with Crippen molar-refractivity contribution < 1.29 is 19.1 Å². The van der Waals surface area contributed by atoms with Gasteiger partial charge in [-0.2, -0.15) is 0 Å². The van der Waals surface area contributed by atoms with E-state index in [1.165, 1.54) is 6.42 Å². The van der Waals surface area contributed by atoms with Gasteiger partial charge in [0.2, 0.25) is 11.8 Å². The number of hydrogen-bond acceptors (Lipinski definition) is 4. The number of nitrogens with zero attached hydrogens (tertiary/aromatic N) is 1. The molecule has 178 valence electrons. The molecule has 1 N–H and O–H groups in total. The fourth-order valence-electron chi connectivity index (χ4n) is 4.36. The SMILES string of the molecule is COc1ccc(CCC(=O)N(Cc2ccccc2)C(C)C(=O)NC2CCCCC2)cc1OC. The average Bonchev–Trinajstić information content (AvgIpc) is 2.86. The monoisotopic (exact) mass is 452 g/mol. The molecule has 3 rings (SSSR count). The molecular formula is C27H36N2O4. The van der Waals surface area contributed by atoms with Crippen molar-refractivity contribution in [3.8, 4) is 11.5 Å². The molecule has 2 amide bonds. The van der Waals surface area contributed by atoms with Crippen molar-refractivity contribution in [2.45, 2.75) is 70.5 Å². The Bertz CT molecular complexity index is 910. The molecule has 0 bridgehead atoms. The zero-order chi connectivity index (χ0) is 23.6. The molecule has 1 saturated carbocycles. The van der Waals surface area contributed by atoms with E-state index >= 15 is 0 Å². The number of aryl methyl sites for hydroxylation is 1. The number of benzene rings is 2. The fraction of sp³-hybridized carbons (Fsp3) is 0.481. The second kappa shape index (κ2) is 12.3. The van der Waals surface area contributed by atoms with Crippen molar-refractivity contribution >= 4 is 11.8 Å². The van der Waals surface area contributed by atoms with Crippen LogP contribution in [0.25, 0.3) is 0 Å². The summed E-state index contributed by atoms with van der Waals surface area (Å²) in [5, 5.41) is 3.18. The lowest BCUT2D eigenvalue weighted by atomic mass is 9.95. The van der Waals surface area contributed by atoms with Crippen molar-refractivity contribution in [1.82, 2.24) is 10.2 Å². The Hall–Kier alpha value is -3.02. The summed E-state index contributed by atoms with van der Waals surface area (Å²) in [7, 11) is 3.20. The second-order valence-corrected chi connectivity index (χ2v) is 8.72. The Morgan fingerprint density at radius 2 is 1.67 bits per heavy atom. The normalized spacial score (nSPS) is 14.9. The molecule has 0 aliphatic heterocycles. The highest BCUT2D eigenvalue weighted by Gasteiger charge is 2.28. The summed E-state index contributed by atoms with van der Waals surface area (Å²) < 4.78 is 10.7. The first-order valence-corrected chi connectivity index (χ1v) is 11.9. The van der Waals surface area contributed by atoms with Crippen molar-refractivity contribution in [3.05, 3.63) is 59.7 Å². The van der Waals surface area contributed by atoms with Crippen molar-refractivity contribution in [2.75, 3.05) is 14.2 Å². The summed E-state index contributed by atoms with van der Waals surface area (Å²) >= 11 is 0. The number of carbonyl (C=O) groups excluding carboxylic acids is 2. The van der Waals surface area contributed by atoms with E-state index in [0.29, 0.717) is 30.9 Å². The summed E-state index contributed by atoms with van der Waals surface area (Å²) in [4.78, 5) is 28.1. The quantitative estimate of drug-likeness (QED) is 0.576. The first kappa shape index (κ1) is 24.6. The van der Waals surface area contributed by atoms with E-state index in [1.54, 1.807) is 19.1 Å². The van der Waals surface area contributed by atoms with Gasteiger partial charge in [0.1, 0.15) is 6.04 Å². The van der Waals surface area contributed by atoms with Crippen LogP contribution < -0.4 is 14.8 Å². The molecule has 1 aliphatic rings. The van der Waals surface area contributed by atoms with Gasteiger partial charge >= 0.3 is 0 Å². The molecule has 0 heterocycles. The molecule has 6 nitrogen and oxygen atoms in total. The molecule has 2 aromatic rings. The lowest BCUT2D eigenvalue weighted by Gasteiger charge is -2.31. The van der Waals surface area contributed by atoms with Gasteiger partial charge in [-0.25, -0.2) is 0 Å². The van der Waals surface area contributed by atoms with Gasteiger partial charge in [0.05, 0.1) is 14.2 Å². The summed E-state index contributed by atoms with van der Waals surface area (Å²) in [5.41, 5.74) is 1.99. The molecule has 0 spiro atoms. The van der Waals surface area contributed by atoms with Crippen LogP contribution in [-0.4, -0.2) is 43.0 Å². The third-order valence-corrected chi connectivity index (χ3v) is 6.39. The Morgan fingerprint density at radius 1 is 0.970 bits per heavy atom. The summed E-state index contributed by atoms with van der Waals surface area (Å²) in [5.74, 6) is 1.19. The smallest absolute Gasteiger partial charge is 0.242 e. The minimum atomic E-state index is -0.537. The average molecular weight is 453 g/mol. The van der Waals surface area contributed by atoms with Gasteiger partial charge in [0.25, 0.3) is 0 Å². The maximum absolute atomic E-state index is 13.3. The lowest BCUT2D eigenvalue weighted by Crippen LogP contribution is -2.50. The van der Waals surface area contributed by atoms with E-state index in [9.17, 15) is 9.59 Å². The van der Waals surface area contributed by atoms with Crippen LogP contribution in [0.1, 0.15) is 56.6 Å². The molecule has 2 aromatic carbocycles. The van der Waals surface area contributed by atoms with E-state index < -0.39 is 6.04 Å². The van der Waals surface area contributed by atoms with Gasteiger partial charge in [-0.15, -0.1) is 0 Å². The second-order valence-electron chi connectivity index (χ2n) is 8.72. The number of methoxy groups -OCH3 is 2. The molecule has 6 heteroatoms. The minimum absolute atomic E-state index is 0.0417. The van der Waals surface area contributed by atoms with E-state index in [1.807, 2.05) is 55.5 Å². The van der Waals surface area contributed by atoms with Gasteiger partial charge in [0, 0.05) is 19.0 Å². The zero-order valence-corrected chi connectivity index (χ0v) is 20.0. The van der Waals surface area contributed by atoms with Crippen LogP contribution in [0.2, 0.25) is 0 Å². The first-order chi connectivity index (χ1) is 16.0. The Morgan fingerprint density at radius 3 is 2.33 bits per heavy atom. The topological polar surface area (TPSA) is 67.9 Å². The molecule has 1 unspecified atom stereocenters. The van der Waals surface area contributed by atoms with Gasteiger partial charge < -0.3 is 19.7 Å². The number of carbonyl (C=O) groups is 2. The summed E-state index contributed by atoms with van der Waals surface area (Å²) in [6.45, 7) is 2.24. The molecular weight excluding hydrogens is 416 g/mol. The van der Waals surface area contributed by atoms with Gasteiger partial charge in [0.15, 0.2) is 11.5 Å². The maximum Gasteiger partial charge on any atom is 0.242 e. The first-order valence-electron chi connectivity index (χ1n) is 11.9. The van der Waals surface area contributed by atoms with Crippen LogP contribution in [0, 0.1) is 0 Å². The number of nitrogens with one attached hydrogen (secondary N) is 1. The van der Waals surface area contributed by atoms with Crippen LogP contribution in [0.4, 0.5) is 0 Å². The Balaban J connectivity index is 1.69. The third-order valence-electron chi connectivity index (χ3n) is 6.39. The van der Waals surface area contributed by atoms with Crippen molar-refractivity contribution in [1.29, 1.82) is 0 Å². The molecule has 0 aromatic heterocycles. The van der Waals surface area contributed by atoms with Gasteiger partial charge in [-0.05, 0) is 49.4 Å². The number of rotatable bonds is 10. The van der Waals surface area contributed by atoms with Gasteiger partial charge in [-0.3, -0.25) is 9.59 Å². The summed E-state index contributed by atoms with van der Waals surface area (Å²) in [6, 6.07) is 15.2. The van der Waals surface area contributed by atoms with Gasteiger partial charge in [-0.1, -0.05) is 55.7 Å². The lowest BCUT2D eigenvalue weighted by molar-refractivity contribution is -0.141. The molecule has 0 radical (unpaired) electrons. The van der Waals surface area contributed by atoms with E-state index in [-0.39, 0.29) is 17.9 Å². The van der Waals surface area contributed by atoms with Crippen LogP contribution in [0.5, 0.6) is 11.5 Å². The Labute approximate surface area is 197 Å². The van der Waals surface area contributed by atoms with Crippen molar-refractivity contribution in [3.63, 3.8) is 0 Å². The minimum Gasteiger partial charge on any atom is -0.493 e. The van der Waals surface area contributed by atoms with E-state index in [0.717, 1.165) is 36.8 Å². The van der Waals surface area contributed by atoms with Crippen LogP contribution in [0.15, 0.2) is 48.5 Å². The largest absolute Gasteiger partial charge is 0.493 e. The third kappa shape index (κ3) is 6.98. The molecule has 33 heavy (non-hydrogen) atoms. The van der Waals surface area contributed by atoms with Crippen LogP contribution in [0.3, 0.4) is 0 Å². The Kier molecular flexibility index (Phi) is 9.16. The zero-order valence-electron chi connectivity index (χ0n) is 20.0. The van der Waals surface area contributed by atoms with Crippen LogP contribution in [-0.2, 0) is 22.6 Å². The van der Waals surface area contributed by atoms with Crippen molar-refractivity contribution in [2.24, 2.45) is 0 Å². The predicted molar refractivity (Wildman–Crippen MR) is 129 cm³/mol. The number of ether oxygens (including phenoxy) is 2. The highest BCUT2D eigenvalue weighted by molar-refractivity contribution is 5.87. The highest BCUT2D eigenvalue weighted by Crippen LogP contribution is 2.28. The standard InChI is InChI=1S/C27H36N2O4/c1-20(27(31)28-23-12-8-5-9-13-23)29(19-22-10-6-4-7-11-22)26(30)17-15-21-14-16-24(32-2)25(18-21)33-3/h4,6-7,10-11,14,16,18,20,23H,5,8-9,12-13,15,17,19H2,1-3H3,(H,28,31). The van der Waals surface area contributed by atoms with E-state index in [2.05, 4.69) is 5.32 Å². The number of hydrogen-bond donors (Lipinski definition) is 1. The van der Waals surface area contributed by atoms with E-state index in [4.69, 9.17) is 9.47 Å².